The highest BCUT2D eigenvalue weighted by molar-refractivity contribution is 4.76. The molecular formula is C19H40NO. The minimum atomic E-state index is -0.696. The Morgan fingerprint density at radius 1 is 0.762 bits per heavy atom. The maximum absolute atomic E-state index is 10.3. The zero-order chi connectivity index (χ0) is 16.0. The van der Waals surface area contributed by atoms with Crippen molar-refractivity contribution in [1.29, 1.82) is 0 Å². The summed E-state index contributed by atoms with van der Waals surface area (Å²) in [5.41, 5.74) is -0.696. The first kappa shape index (κ1) is 20.9. The van der Waals surface area contributed by atoms with Crippen molar-refractivity contribution in [3.8, 4) is 0 Å². The summed E-state index contributed by atoms with van der Waals surface area (Å²) < 4.78 is 0. The summed E-state index contributed by atoms with van der Waals surface area (Å²) in [4.78, 5) is 1.90. The van der Waals surface area contributed by atoms with Crippen molar-refractivity contribution < 1.29 is 5.11 Å². The minimum Gasteiger partial charge on any atom is -0.376 e. The largest absolute Gasteiger partial charge is 0.376 e. The fraction of sp³-hybridized carbons (Fsp3) is 0.947. The van der Waals surface area contributed by atoms with Crippen molar-refractivity contribution in [2.75, 3.05) is 14.1 Å². The Bertz CT molecular complexity index is 218. The summed E-state index contributed by atoms with van der Waals surface area (Å²) >= 11 is 0. The molecule has 2 heteroatoms. The van der Waals surface area contributed by atoms with Crippen molar-refractivity contribution in [3.63, 3.8) is 0 Å². The van der Waals surface area contributed by atoms with Crippen molar-refractivity contribution >= 4 is 0 Å². The van der Waals surface area contributed by atoms with Crippen molar-refractivity contribution in [1.82, 2.24) is 4.90 Å². The average Bonchev–Trinajstić information content (AvgIpc) is 2.47. The fourth-order valence-corrected chi connectivity index (χ4v) is 2.82. The first-order chi connectivity index (χ1) is 10.1. The van der Waals surface area contributed by atoms with E-state index < -0.39 is 5.72 Å². The molecule has 0 amide bonds. The first-order valence-electron chi connectivity index (χ1n) is 9.26. The molecule has 127 valence electrons. The molecule has 0 fully saturated rings. The van der Waals surface area contributed by atoms with Crippen LogP contribution in [0.1, 0.15) is 96.8 Å². The Balaban J connectivity index is 3.29. The zero-order valence-electron chi connectivity index (χ0n) is 15.0. The maximum Gasteiger partial charge on any atom is 0.118 e. The topological polar surface area (TPSA) is 23.5 Å². The van der Waals surface area contributed by atoms with Crippen LogP contribution in [0.15, 0.2) is 0 Å². The number of aliphatic hydroxyl groups is 1. The summed E-state index contributed by atoms with van der Waals surface area (Å²) in [6, 6.07) is 0. The SMILES string of the molecule is [CH2]CC(O)(CCCCCCCCCCCCCC)N(C)C. The van der Waals surface area contributed by atoms with Crippen LogP contribution in [-0.2, 0) is 0 Å². The Labute approximate surface area is 134 Å². The monoisotopic (exact) mass is 298 g/mol. The zero-order valence-corrected chi connectivity index (χ0v) is 15.0. The van der Waals surface area contributed by atoms with Crippen molar-refractivity contribution in [2.45, 2.75) is 103 Å². The number of rotatable bonds is 15. The molecule has 0 spiro atoms. The normalized spacial score (nSPS) is 14.6. The van der Waals surface area contributed by atoms with Crippen molar-refractivity contribution in [2.24, 2.45) is 0 Å². The highest BCUT2D eigenvalue weighted by Crippen LogP contribution is 2.21. The van der Waals surface area contributed by atoms with Gasteiger partial charge in [0.05, 0.1) is 0 Å². The van der Waals surface area contributed by atoms with Crippen LogP contribution in [-0.4, -0.2) is 29.8 Å². The van der Waals surface area contributed by atoms with Crippen LogP contribution < -0.4 is 0 Å². The quantitative estimate of drug-likeness (QED) is 0.316. The molecule has 0 aromatic rings. The molecule has 2 nitrogen and oxygen atoms in total. The van der Waals surface area contributed by atoms with E-state index in [1.54, 1.807) is 0 Å². The highest BCUT2D eigenvalue weighted by atomic mass is 16.3. The van der Waals surface area contributed by atoms with E-state index in [9.17, 15) is 5.11 Å². The van der Waals surface area contributed by atoms with Crippen LogP contribution in [0.3, 0.4) is 0 Å². The van der Waals surface area contributed by atoms with Crippen molar-refractivity contribution in [3.05, 3.63) is 6.92 Å². The van der Waals surface area contributed by atoms with Crippen LogP contribution >= 0.6 is 0 Å². The average molecular weight is 299 g/mol. The van der Waals surface area contributed by atoms with E-state index in [-0.39, 0.29) is 0 Å². The molecule has 0 saturated heterocycles. The molecule has 0 saturated carbocycles. The molecular weight excluding hydrogens is 258 g/mol. The molecule has 0 aliphatic rings. The lowest BCUT2D eigenvalue weighted by molar-refractivity contribution is -0.0878. The Morgan fingerprint density at radius 2 is 1.14 bits per heavy atom. The van der Waals surface area contributed by atoms with Crippen LogP contribution in [0.25, 0.3) is 0 Å². The molecule has 0 bridgehead atoms. The summed E-state index contributed by atoms with van der Waals surface area (Å²) in [6.07, 6.45) is 17.7. The van der Waals surface area contributed by atoms with Gasteiger partial charge < -0.3 is 5.11 Å². The third-order valence-electron chi connectivity index (χ3n) is 4.66. The number of nitrogens with zero attached hydrogens (tertiary/aromatic N) is 1. The molecule has 0 aliphatic carbocycles. The lowest BCUT2D eigenvalue weighted by Crippen LogP contribution is -2.43. The van der Waals surface area contributed by atoms with Gasteiger partial charge >= 0.3 is 0 Å². The predicted molar refractivity (Wildman–Crippen MR) is 94.3 cm³/mol. The maximum atomic E-state index is 10.3. The summed E-state index contributed by atoms with van der Waals surface area (Å²) in [6.45, 7) is 6.14. The lowest BCUT2D eigenvalue weighted by atomic mass is 9.99. The van der Waals surface area contributed by atoms with Gasteiger partial charge in [0.2, 0.25) is 0 Å². The van der Waals surface area contributed by atoms with Gasteiger partial charge in [0, 0.05) is 0 Å². The van der Waals surface area contributed by atoms with Crippen LogP contribution in [0, 0.1) is 6.92 Å². The lowest BCUT2D eigenvalue weighted by Gasteiger charge is -2.33. The second-order valence-corrected chi connectivity index (χ2v) is 6.77. The first-order valence-corrected chi connectivity index (χ1v) is 9.26. The van der Waals surface area contributed by atoms with Gasteiger partial charge in [-0.05, 0) is 40.3 Å². The third kappa shape index (κ3) is 11.2. The van der Waals surface area contributed by atoms with Gasteiger partial charge in [-0.1, -0.05) is 77.6 Å². The third-order valence-corrected chi connectivity index (χ3v) is 4.66. The molecule has 0 rings (SSSR count). The van der Waals surface area contributed by atoms with E-state index in [0.29, 0.717) is 6.42 Å². The van der Waals surface area contributed by atoms with Gasteiger partial charge in [-0.3, -0.25) is 4.90 Å². The molecule has 0 aliphatic heterocycles. The summed E-state index contributed by atoms with van der Waals surface area (Å²) in [5.74, 6) is 0. The van der Waals surface area contributed by atoms with E-state index in [1.807, 2.05) is 19.0 Å². The minimum absolute atomic E-state index is 0.567. The molecule has 21 heavy (non-hydrogen) atoms. The van der Waals surface area contributed by atoms with Gasteiger partial charge in [-0.15, -0.1) is 0 Å². The Hall–Kier alpha value is -0.0800. The van der Waals surface area contributed by atoms with E-state index in [4.69, 9.17) is 0 Å². The molecule has 1 unspecified atom stereocenters. The van der Waals surface area contributed by atoms with Gasteiger partial charge in [0.15, 0.2) is 0 Å². The van der Waals surface area contributed by atoms with Gasteiger partial charge in [-0.25, -0.2) is 0 Å². The van der Waals surface area contributed by atoms with E-state index in [1.165, 1.54) is 70.6 Å². The van der Waals surface area contributed by atoms with Crippen LogP contribution in [0.4, 0.5) is 0 Å². The second-order valence-electron chi connectivity index (χ2n) is 6.77. The van der Waals surface area contributed by atoms with E-state index in [2.05, 4.69) is 13.8 Å². The summed E-state index contributed by atoms with van der Waals surface area (Å²) in [7, 11) is 3.87. The number of hydrogen-bond acceptors (Lipinski definition) is 2. The predicted octanol–water partition coefficient (Wildman–Crippen LogP) is 5.55. The van der Waals surface area contributed by atoms with Crippen LogP contribution in [0.5, 0.6) is 0 Å². The molecule has 0 heterocycles. The Morgan fingerprint density at radius 3 is 1.48 bits per heavy atom. The number of unbranched alkanes of at least 4 members (excludes halogenated alkanes) is 11. The Kier molecular flexibility index (Phi) is 13.5. The van der Waals surface area contributed by atoms with Crippen LogP contribution in [0.2, 0.25) is 0 Å². The van der Waals surface area contributed by atoms with E-state index >= 15 is 0 Å². The molecule has 1 N–H and O–H groups in total. The molecule has 0 aromatic carbocycles. The summed E-state index contributed by atoms with van der Waals surface area (Å²) in [5, 5.41) is 10.3. The van der Waals surface area contributed by atoms with Gasteiger partial charge in [-0.2, -0.15) is 0 Å². The van der Waals surface area contributed by atoms with Gasteiger partial charge in [0.1, 0.15) is 5.72 Å². The molecule has 0 aromatic heterocycles. The molecule has 1 radical (unpaired) electrons. The fourth-order valence-electron chi connectivity index (χ4n) is 2.82. The second kappa shape index (κ2) is 13.6. The smallest absolute Gasteiger partial charge is 0.118 e. The molecule has 1 atom stereocenters. The van der Waals surface area contributed by atoms with Gasteiger partial charge in [0.25, 0.3) is 0 Å². The van der Waals surface area contributed by atoms with E-state index in [0.717, 1.165) is 12.8 Å². The highest BCUT2D eigenvalue weighted by Gasteiger charge is 2.26. The number of hydrogen-bond donors (Lipinski definition) is 1. The standard InChI is InChI=1S/C19H40NO/c1-5-7-8-9-10-11-12-13-14-15-16-17-18-19(21,6-2)20(3)4/h21H,2,5-18H2,1,3-4H3.